The Bertz CT molecular complexity index is 857. The zero-order valence-corrected chi connectivity index (χ0v) is 15.0. The molecule has 0 radical (unpaired) electrons. The zero-order valence-electron chi connectivity index (χ0n) is 14.2. The molecule has 10 heteroatoms. The van der Waals surface area contributed by atoms with E-state index in [1.165, 1.54) is 29.3 Å². The van der Waals surface area contributed by atoms with Gasteiger partial charge in [0, 0.05) is 4.88 Å². The van der Waals surface area contributed by atoms with E-state index in [0.717, 1.165) is 48.7 Å². The second kappa shape index (κ2) is 7.65. The molecule has 1 aliphatic carbocycles. The normalized spacial score (nSPS) is 13.6. The van der Waals surface area contributed by atoms with Crippen molar-refractivity contribution in [2.45, 2.75) is 38.6 Å². The van der Waals surface area contributed by atoms with Crippen LogP contribution in [-0.2, 0) is 28.9 Å². The number of fused-ring (bicyclic) bond motifs is 1. The highest BCUT2D eigenvalue weighted by Crippen LogP contribution is 2.37. The predicted molar refractivity (Wildman–Crippen MR) is 94.4 cm³/mol. The van der Waals surface area contributed by atoms with Crippen molar-refractivity contribution in [1.82, 2.24) is 9.78 Å². The van der Waals surface area contributed by atoms with Crippen LogP contribution in [0.5, 0.6) is 0 Å². The first-order valence-corrected chi connectivity index (χ1v) is 9.00. The fraction of sp³-hybridized carbons (Fsp3) is 0.438. The first-order valence-electron chi connectivity index (χ1n) is 8.19. The number of hydrogen-bond acceptors (Lipinski definition) is 7. The number of nitro groups is 1. The van der Waals surface area contributed by atoms with E-state index in [2.05, 4.69) is 10.4 Å². The van der Waals surface area contributed by atoms with Gasteiger partial charge in [0.1, 0.15) is 23.9 Å². The lowest BCUT2D eigenvalue weighted by Crippen LogP contribution is -2.20. The fourth-order valence-electron chi connectivity index (χ4n) is 3.00. The molecule has 3 rings (SSSR count). The van der Waals surface area contributed by atoms with Gasteiger partial charge in [0.05, 0.1) is 17.6 Å². The number of nitrogens with one attached hydrogen (secondary N) is 1. The van der Waals surface area contributed by atoms with Gasteiger partial charge in [0.2, 0.25) is 5.91 Å². The third-order valence-electron chi connectivity index (χ3n) is 4.20. The van der Waals surface area contributed by atoms with Gasteiger partial charge in [0.25, 0.3) is 0 Å². The van der Waals surface area contributed by atoms with E-state index in [4.69, 9.17) is 4.74 Å². The van der Waals surface area contributed by atoms with Crippen LogP contribution in [0.3, 0.4) is 0 Å². The van der Waals surface area contributed by atoms with Crippen LogP contribution >= 0.6 is 11.3 Å². The Balaban J connectivity index is 1.80. The summed E-state index contributed by atoms with van der Waals surface area (Å²) in [6, 6.07) is 0. The van der Waals surface area contributed by atoms with Gasteiger partial charge in [-0.25, -0.2) is 4.79 Å². The van der Waals surface area contributed by atoms with E-state index in [1.807, 2.05) is 0 Å². The van der Waals surface area contributed by atoms with E-state index >= 15 is 0 Å². The molecule has 2 heterocycles. The van der Waals surface area contributed by atoms with Crippen molar-refractivity contribution in [2.75, 3.05) is 12.4 Å². The van der Waals surface area contributed by atoms with Gasteiger partial charge in [-0.1, -0.05) is 6.42 Å². The number of nitrogens with zero attached hydrogens (tertiary/aromatic N) is 3. The minimum Gasteiger partial charge on any atom is -0.465 e. The number of carbonyl (C=O) groups excluding carboxylic acids is 2. The fourth-order valence-corrected chi connectivity index (χ4v) is 4.29. The van der Waals surface area contributed by atoms with Crippen LogP contribution in [0.1, 0.15) is 40.1 Å². The number of esters is 1. The number of aromatic nitrogens is 2. The minimum absolute atomic E-state index is 0.184. The molecule has 0 atom stereocenters. The maximum absolute atomic E-state index is 12.3. The molecule has 1 amide bonds. The van der Waals surface area contributed by atoms with E-state index in [1.54, 1.807) is 0 Å². The van der Waals surface area contributed by atoms with Crippen molar-refractivity contribution < 1.29 is 19.2 Å². The summed E-state index contributed by atoms with van der Waals surface area (Å²) in [6.45, 7) is -0.184. The Kier molecular flexibility index (Phi) is 5.31. The highest BCUT2D eigenvalue weighted by Gasteiger charge is 2.26. The lowest BCUT2D eigenvalue weighted by molar-refractivity contribution is -0.385. The summed E-state index contributed by atoms with van der Waals surface area (Å²) in [5.41, 5.74) is 1.20. The Morgan fingerprint density at radius 3 is 2.85 bits per heavy atom. The summed E-state index contributed by atoms with van der Waals surface area (Å²) in [5.74, 6) is -0.876. The minimum atomic E-state index is -0.576. The van der Waals surface area contributed by atoms with E-state index in [9.17, 15) is 19.7 Å². The molecule has 26 heavy (non-hydrogen) atoms. The van der Waals surface area contributed by atoms with Crippen LogP contribution in [0.15, 0.2) is 12.4 Å². The number of carbonyl (C=O) groups is 2. The standard InChI is InChI=1S/C16H18N4O5S/c1-25-16(22)14-11-5-3-2-4-6-12(11)26-15(14)18-13(21)9-19-8-10(7-17-19)20(23)24/h7-8H,2-6,9H2,1H3,(H,18,21). The van der Waals surface area contributed by atoms with Crippen molar-refractivity contribution in [1.29, 1.82) is 0 Å². The van der Waals surface area contributed by atoms with Crippen LogP contribution in [0, 0.1) is 10.1 Å². The molecule has 0 bridgehead atoms. The Hall–Kier alpha value is -2.75. The number of amides is 1. The van der Waals surface area contributed by atoms with Crippen LogP contribution in [-0.4, -0.2) is 33.7 Å². The molecule has 0 unspecified atom stereocenters. The lowest BCUT2D eigenvalue weighted by Gasteiger charge is -2.07. The smallest absolute Gasteiger partial charge is 0.341 e. The third kappa shape index (κ3) is 3.74. The number of hydrogen-bond donors (Lipinski definition) is 1. The molecule has 0 spiro atoms. The van der Waals surface area contributed by atoms with E-state index < -0.39 is 16.8 Å². The van der Waals surface area contributed by atoms with Crippen molar-refractivity contribution in [2.24, 2.45) is 0 Å². The van der Waals surface area contributed by atoms with Crippen molar-refractivity contribution in [3.05, 3.63) is 38.5 Å². The molecular formula is C16H18N4O5S. The average Bonchev–Trinajstić information content (AvgIpc) is 3.12. The summed E-state index contributed by atoms with van der Waals surface area (Å²) in [5, 5.41) is 17.7. The van der Waals surface area contributed by atoms with Crippen LogP contribution in [0.4, 0.5) is 10.7 Å². The molecule has 0 fully saturated rings. The van der Waals surface area contributed by atoms with Crippen LogP contribution in [0.2, 0.25) is 0 Å². The van der Waals surface area contributed by atoms with Crippen molar-refractivity contribution in [3.8, 4) is 0 Å². The molecule has 2 aromatic rings. The van der Waals surface area contributed by atoms with Gasteiger partial charge in [0.15, 0.2) is 0 Å². The maximum Gasteiger partial charge on any atom is 0.341 e. The lowest BCUT2D eigenvalue weighted by atomic mass is 10.1. The summed E-state index contributed by atoms with van der Waals surface area (Å²) >= 11 is 1.40. The van der Waals surface area contributed by atoms with Gasteiger partial charge in [-0.05, 0) is 31.2 Å². The molecule has 9 nitrogen and oxygen atoms in total. The Morgan fingerprint density at radius 2 is 2.15 bits per heavy atom. The summed E-state index contributed by atoms with van der Waals surface area (Å²) in [7, 11) is 1.32. The number of methoxy groups -OCH3 is 1. The molecule has 0 aromatic carbocycles. The average molecular weight is 378 g/mol. The molecular weight excluding hydrogens is 360 g/mol. The summed E-state index contributed by atoms with van der Waals surface area (Å²) in [6.07, 6.45) is 7.10. The number of aryl methyl sites for hydroxylation is 1. The highest BCUT2D eigenvalue weighted by atomic mass is 32.1. The zero-order chi connectivity index (χ0) is 18.7. The van der Waals surface area contributed by atoms with Gasteiger partial charge >= 0.3 is 11.7 Å². The second-order valence-corrected chi connectivity index (χ2v) is 7.07. The van der Waals surface area contributed by atoms with Crippen molar-refractivity contribution >= 4 is 33.9 Å². The molecule has 1 aliphatic rings. The summed E-state index contributed by atoms with van der Waals surface area (Å²) < 4.78 is 6.08. The Morgan fingerprint density at radius 1 is 1.38 bits per heavy atom. The number of ether oxygens (including phenoxy) is 1. The SMILES string of the molecule is COC(=O)c1c(NC(=O)Cn2cc([N+](=O)[O-])cn2)sc2c1CCCCC2. The van der Waals surface area contributed by atoms with E-state index in [0.29, 0.717) is 10.6 Å². The second-order valence-electron chi connectivity index (χ2n) is 5.96. The van der Waals surface area contributed by atoms with E-state index in [-0.39, 0.29) is 12.2 Å². The largest absolute Gasteiger partial charge is 0.465 e. The number of thiophene rings is 1. The first kappa shape index (κ1) is 18.1. The van der Waals surface area contributed by atoms with Gasteiger partial charge in [-0.3, -0.25) is 19.6 Å². The maximum atomic E-state index is 12.3. The van der Waals surface area contributed by atoms with Crippen molar-refractivity contribution in [3.63, 3.8) is 0 Å². The molecule has 1 N–H and O–H groups in total. The number of rotatable bonds is 5. The quantitative estimate of drug-likeness (QED) is 0.370. The summed E-state index contributed by atoms with van der Waals surface area (Å²) in [4.78, 5) is 35.8. The molecule has 2 aromatic heterocycles. The molecule has 0 saturated carbocycles. The highest BCUT2D eigenvalue weighted by molar-refractivity contribution is 7.17. The van der Waals surface area contributed by atoms with Crippen LogP contribution < -0.4 is 5.32 Å². The van der Waals surface area contributed by atoms with Gasteiger partial charge in [-0.2, -0.15) is 5.10 Å². The first-order chi connectivity index (χ1) is 12.5. The monoisotopic (exact) mass is 378 g/mol. The van der Waals surface area contributed by atoms with Gasteiger partial charge in [-0.15, -0.1) is 11.3 Å². The van der Waals surface area contributed by atoms with Gasteiger partial charge < -0.3 is 10.1 Å². The molecule has 0 aliphatic heterocycles. The Labute approximate surface area is 153 Å². The molecule has 138 valence electrons. The molecule has 0 saturated heterocycles. The topological polar surface area (TPSA) is 116 Å². The van der Waals surface area contributed by atoms with Crippen LogP contribution in [0.25, 0.3) is 0 Å². The predicted octanol–water partition coefficient (Wildman–Crippen LogP) is 2.55. The third-order valence-corrected chi connectivity index (χ3v) is 5.41. The number of anilines is 1.